The highest BCUT2D eigenvalue weighted by atomic mass is 15.3. The van der Waals surface area contributed by atoms with Gasteiger partial charge in [0.05, 0.1) is 11.6 Å². The summed E-state index contributed by atoms with van der Waals surface area (Å²) >= 11 is 0. The van der Waals surface area contributed by atoms with Crippen LogP contribution in [0, 0.1) is 0 Å². The summed E-state index contributed by atoms with van der Waals surface area (Å²) in [7, 11) is 0. The number of nitrogens with one attached hydrogen (secondary N) is 1. The molecule has 6 heteroatoms. The quantitative estimate of drug-likeness (QED) is 0.802. The van der Waals surface area contributed by atoms with Crippen molar-refractivity contribution >= 4 is 16.9 Å². The summed E-state index contributed by atoms with van der Waals surface area (Å²) in [6.45, 7) is 6.32. The molecule has 6 nitrogen and oxygen atoms in total. The fourth-order valence-corrected chi connectivity index (χ4v) is 3.38. The summed E-state index contributed by atoms with van der Waals surface area (Å²) < 4.78 is 0. The van der Waals surface area contributed by atoms with Crippen LogP contribution in [0.5, 0.6) is 0 Å². The highest BCUT2D eigenvalue weighted by molar-refractivity contribution is 5.86. The van der Waals surface area contributed by atoms with E-state index in [4.69, 9.17) is 0 Å². The van der Waals surface area contributed by atoms with Gasteiger partial charge in [-0.1, -0.05) is 30.3 Å². The lowest BCUT2D eigenvalue weighted by Crippen LogP contribution is -2.34. The number of nitrogens with zero attached hydrogens (tertiary/aromatic N) is 5. The first-order chi connectivity index (χ1) is 11.8. The van der Waals surface area contributed by atoms with E-state index < -0.39 is 0 Å². The predicted molar refractivity (Wildman–Crippen MR) is 94.8 cm³/mol. The van der Waals surface area contributed by atoms with Gasteiger partial charge in [0, 0.05) is 32.2 Å². The Morgan fingerprint density at radius 1 is 1.12 bits per heavy atom. The van der Waals surface area contributed by atoms with Crippen molar-refractivity contribution in [3.05, 3.63) is 48.4 Å². The maximum Gasteiger partial charge on any atom is 0.160 e. The molecule has 1 saturated heterocycles. The summed E-state index contributed by atoms with van der Waals surface area (Å²) in [6.07, 6.45) is 4.56. The summed E-state index contributed by atoms with van der Waals surface area (Å²) in [5.41, 5.74) is 2.18. The first kappa shape index (κ1) is 15.1. The summed E-state index contributed by atoms with van der Waals surface area (Å²) in [5.74, 6) is 0.988. The van der Waals surface area contributed by atoms with Crippen molar-refractivity contribution < 1.29 is 0 Å². The molecule has 2 aromatic heterocycles. The number of H-pyrrole nitrogens is 1. The van der Waals surface area contributed by atoms with E-state index in [2.05, 4.69) is 67.2 Å². The summed E-state index contributed by atoms with van der Waals surface area (Å²) in [4.78, 5) is 13.7. The van der Waals surface area contributed by atoms with Gasteiger partial charge in [-0.2, -0.15) is 5.10 Å². The monoisotopic (exact) mass is 322 g/mol. The molecule has 4 rings (SSSR count). The molecule has 1 aliphatic heterocycles. The summed E-state index contributed by atoms with van der Waals surface area (Å²) in [5, 5.41) is 8.03. The van der Waals surface area contributed by atoms with Crippen LogP contribution in [0.15, 0.2) is 42.9 Å². The molecule has 3 aromatic rings. The number of anilines is 1. The van der Waals surface area contributed by atoms with Gasteiger partial charge in [0.1, 0.15) is 12.1 Å². The van der Waals surface area contributed by atoms with Crippen LogP contribution in [-0.4, -0.2) is 50.7 Å². The zero-order valence-corrected chi connectivity index (χ0v) is 13.9. The molecule has 0 bridgehead atoms. The van der Waals surface area contributed by atoms with Gasteiger partial charge < -0.3 is 4.90 Å². The van der Waals surface area contributed by atoms with Crippen LogP contribution in [0.2, 0.25) is 0 Å². The van der Waals surface area contributed by atoms with Crippen molar-refractivity contribution in [1.82, 2.24) is 25.1 Å². The largest absolute Gasteiger partial charge is 0.355 e. The fraction of sp³-hybridized carbons (Fsp3) is 0.389. The van der Waals surface area contributed by atoms with Crippen molar-refractivity contribution in [3.63, 3.8) is 0 Å². The van der Waals surface area contributed by atoms with Crippen molar-refractivity contribution in [1.29, 1.82) is 0 Å². The van der Waals surface area contributed by atoms with E-state index in [1.54, 1.807) is 6.33 Å². The Bertz CT molecular complexity index is 799. The van der Waals surface area contributed by atoms with E-state index in [0.717, 1.165) is 49.5 Å². The number of aromatic nitrogens is 4. The average Bonchev–Trinajstić information content (AvgIpc) is 3.03. The van der Waals surface area contributed by atoms with Crippen LogP contribution in [0.3, 0.4) is 0 Å². The zero-order chi connectivity index (χ0) is 16.4. The molecule has 1 fully saturated rings. The van der Waals surface area contributed by atoms with E-state index in [-0.39, 0.29) is 0 Å². The fourth-order valence-electron chi connectivity index (χ4n) is 3.38. The second-order valence-electron chi connectivity index (χ2n) is 6.41. The number of rotatable bonds is 3. The predicted octanol–water partition coefficient (Wildman–Crippen LogP) is 2.45. The maximum atomic E-state index is 4.51. The van der Waals surface area contributed by atoms with Crippen LogP contribution >= 0.6 is 0 Å². The van der Waals surface area contributed by atoms with Crippen LogP contribution in [0.1, 0.15) is 18.9 Å². The van der Waals surface area contributed by atoms with Gasteiger partial charge >= 0.3 is 0 Å². The highest BCUT2D eigenvalue weighted by Gasteiger charge is 2.23. The molecule has 24 heavy (non-hydrogen) atoms. The lowest BCUT2D eigenvalue weighted by Gasteiger charge is -2.26. The first-order valence-electron chi connectivity index (χ1n) is 8.48. The minimum Gasteiger partial charge on any atom is -0.355 e. The molecule has 3 heterocycles. The minimum absolute atomic E-state index is 0.553. The smallest absolute Gasteiger partial charge is 0.160 e. The second-order valence-corrected chi connectivity index (χ2v) is 6.41. The van der Waals surface area contributed by atoms with Gasteiger partial charge in [0.2, 0.25) is 0 Å². The number of hydrogen-bond donors (Lipinski definition) is 1. The Kier molecular flexibility index (Phi) is 4.13. The third-order valence-corrected chi connectivity index (χ3v) is 4.85. The average molecular weight is 322 g/mol. The van der Waals surface area contributed by atoms with Crippen LogP contribution in [-0.2, 0) is 6.54 Å². The molecule has 0 aliphatic carbocycles. The number of benzene rings is 1. The van der Waals surface area contributed by atoms with Crippen LogP contribution in [0.25, 0.3) is 11.0 Å². The molecule has 1 aromatic carbocycles. The SMILES string of the molecule is CC1CCN(c2ncnc3[nH]ncc23)CCN1Cc1ccccc1. The van der Waals surface area contributed by atoms with E-state index >= 15 is 0 Å². The van der Waals surface area contributed by atoms with Gasteiger partial charge in [-0.05, 0) is 18.9 Å². The molecular formula is C18H22N6. The second kappa shape index (κ2) is 6.57. The number of aromatic amines is 1. The Morgan fingerprint density at radius 3 is 2.88 bits per heavy atom. The number of fused-ring (bicyclic) bond motifs is 1. The molecule has 1 atom stereocenters. The highest BCUT2D eigenvalue weighted by Crippen LogP contribution is 2.24. The van der Waals surface area contributed by atoms with E-state index in [1.807, 2.05) is 6.20 Å². The van der Waals surface area contributed by atoms with Gasteiger partial charge in [-0.15, -0.1) is 0 Å². The van der Waals surface area contributed by atoms with Gasteiger partial charge in [0.15, 0.2) is 5.65 Å². The molecule has 0 saturated carbocycles. The normalized spacial score (nSPS) is 19.5. The van der Waals surface area contributed by atoms with Gasteiger partial charge in [-0.25, -0.2) is 9.97 Å². The standard InChI is InChI=1S/C18H22N6/c1-14-7-8-23(18-16-11-21-22-17(16)19-13-20-18)9-10-24(14)12-15-5-3-2-4-6-15/h2-6,11,13-14H,7-10,12H2,1H3,(H,19,20,21,22). The van der Waals surface area contributed by atoms with E-state index in [9.17, 15) is 0 Å². The van der Waals surface area contributed by atoms with Gasteiger partial charge in [-0.3, -0.25) is 10.00 Å². The molecule has 0 spiro atoms. The van der Waals surface area contributed by atoms with Crippen LogP contribution < -0.4 is 4.90 Å². The molecule has 1 aliphatic rings. The van der Waals surface area contributed by atoms with E-state index in [0.29, 0.717) is 6.04 Å². The van der Waals surface area contributed by atoms with E-state index in [1.165, 1.54) is 5.56 Å². The molecule has 124 valence electrons. The van der Waals surface area contributed by atoms with Crippen molar-refractivity contribution in [3.8, 4) is 0 Å². The Labute approximate surface area is 141 Å². The van der Waals surface area contributed by atoms with Crippen molar-refractivity contribution in [2.24, 2.45) is 0 Å². The molecule has 0 amide bonds. The summed E-state index contributed by atoms with van der Waals surface area (Å²) in [6, 6.07) is 11.3. The lowest BCUT2D eigenvalue weighted by atomic mass is 10.1. The topological polar surface area (TPSA) is 60.9 Å². The zero-order valence-electron chi connectivity index (χ0n) is 13.9. The maximum absolute atomic E-state index is 4.51. The van der Waals surface area contributed by atoms with Gasteiger partial charge in [0.25, 0.3) is 0 Å². The van der Waals surface area contributed by atoms with Crippen LogP contribution in [0.4, 0.5) is 5.82 Å². The molecule has 1 N–H and O–H groups in total. The van der Waals surface area contributed by atoms with Crippen molar-refractivity contribution in [2.75, 3.05) is 24.5 Å². The first-order valence-corrected chi connectivity index (χ1v) is 8.48. The molecular weight excluding hydrogens is 300 g/mol. The Balaban J connectivity index is 1.52. The molecule has 1 unspecified atom stereocenters. The minimum atomic E-state index is 0.553. The third-order valence-electron chi connectivity index (χ3n) is 4.85. The lowest BCUT2D eigenvalue weighted by molar-refractivity contribution is 0.212. The Morgan fingerprint density at radius 2 is 2.00 bits per heavy atom. The Hall–Kier alpha value is -2.47. The molecule has 0 radical (unpaired) electrons. The van der Waals surface area contributed by atoms with Crippen molar-refractivity contribution in [2.45, 2.75) is 25.9 Å². The number of hydrogen-bond acceptors (Lipinski definition) is 5. The third kappa shape index (κ3) is 2.97.